The first-order valence-corrected chi connectivity index (χ1v) is 8.88. The van der Waals surface area contributed by atoms with Crippen molar-refractivity contribution in [3.8, 4) is 0 Å². The van der Waals surface area contributed by atoms with E-state index in [1.807, 2.05) is 0 Å². The number of hydrogen-bond acceptors (Lipinski definition) is 5. The first kappa shape index (κ1) is 16.9. The molecule has 3 N–H and O–H groups in total. The molecule has 0 atom stereocenters. The van der Waals surface area contributed by atoms with Crippen LogP contribution in [0.2, 0.25) is 0 Å². The van der Waals surface area contributed by atoms with Crippen molar-refractivity contribution in [2.24, 2.45) is 16.6 Å². The third-order valence-corrected chi connectivity index (χ3v) is 4.86. The van der Waals surface area contributed by atoms with E-state index < -0.39 is 5.82 Å². The molecule has 2 saturated carbocycles. The van der Waals surface area contributed by atoms with Crippen LogP contribution in [0.1, 0.15) is 57.1 Å². The van der Waals surface area contributed by atoms with Crippen LogP contribution in [-0.2, 0) is 0 Å². The average molecular weight is 331 g/mol. The van der Waals surface area contributed by atoms with Gasteiger partial charge in [0.15, 0.2) is 5.82 Å². The number of rotatable bonds is 6. The normalized spacial score (nSPS) is 20.2. The molecule has 1 heterocycles. The lowest BCUT2D eigenvalue weighted by Gasteiger charge is -2.23. The summed E-state index contributed by atoms with van der Waals surface area (Å²) in [4.78, 5) is 12.8. The maximum absolute atomic E-state index is 14.3. The van der Waals surface area contributed by atoms with Gasteiger partial charge in [-0.1, -0.05) is 19.3 Å². The second-order valence-electron chi connectivity index (χ2n) is 6.77. The molecular formula is C18H26FN5. The lowest BCUT2D eigenvalue weighted by Crippen LogP contribution is -2.24. The van der Waals surface area contributed by atoms with Crippen LogP contribution in [0.3, 0.4) is 0 Å². The van der Waals surface area contributed by atoms with Crippen molar-refractivity contribution in [3.05, 3.63) is 23.9 Å². The lowest BCUT2D eigenvalue weighted by molar-refractivity contribution is 0.460. The van der Waals surface area contributed by atoms with E-state index in [0.29, 0.717) is 23.5 Å². The van der Waals surface area contributed by atoms with E-state index in [4.69, 9.17) is 5.73 Å². The molecule has 2 aliphatic rings. The van der Waals surface area contributed by atoms with E-state index >= 15 is 0 Å². The van der Waals surface area contributed by atoms with E-state index in [-0.39, 0.29) is 5.69 Å². The van der Waals surface area contributed by atoms with Crippen molar-refractivity contribution in [3.63, 3.8) is 0 Å². The highest BCUT2D eigenvalue weighted by atomic mass is 19.1. The standard InChI is InChI=1S/C18H26FN5/c1-21-16(9-12-7-8-12)14(10-20)17-15(19)11-22-18(24-17)23-13-5-3-2-4-6-13/h10-13H,2-9,20H2,1H3,(H,22,23,24). The minimum Gasteiger partial charge on any atom is -0.404 e. The van der Waals surface area contributed by atoms with Crippen LogP contribution >= 0.6 is 0 Å². The van der Waals surface area contributed by atoms with Gasteiger partial charge >= 0.3 is 0 Å². The highest BCUT2D eigenvalue weighted by Gasteiger charge is 2.26. The van der Waals surface area contributed by atoms with Gasteiger partial charge in [0.2, 0.25) is 5.95 Å². The van der Waals surface area contributed by atoms with Crippen LogP contribution in [0, 0.1) is 11.7 Å². The SMILES string of the molecule is CN=C(CC1CC1)C(=CN)c1nc(NC2CCCCC2)ncc1F. The number of aliphatic imine (C=N–C) groups is 1. The molecule has 2 aliphatic carbocycles. The molecule has 0 spiro atoms. The van der Waals surface area contributed by atoms with Gasteiger partial charge in [-0.2, -0.15) is 0 Å². The Morgan fingerprint density at radius 1 is 1.33 bits per heavy atom. The molecule has 0 bridgehead atoms. The number of hydrogen-bond donors (Lipinski definition) is 2. The van der Waals surface area contributed by atoms with Gasteiger partial charge in [-0.05, 0) is 38.0 Å². The Bertz CT molecular complexity index is 630. The van der Waals surface area contributed by atoms with Gasteiger partial charge in [-0.15, -0.1) is 0 Å². The molecule has 1 aromatic heterocycles. The van der Waals surface area contributed by atoms with Gasteiger partial charge in [-0.25, -0.2) is 14.4 Å². The predicted octanol–water partition coefficient (Wildman–Crippen LogP) is 3.53. The lowest BCUT2D eigenvalue weighted by atomic mass is 9.96. The number of anilines is 1. The first-order valence-electron chi connectivity index (χ1n) is 8.88. The number of allylic oxidation sites excluding steroid dienone is 1. The molecular weight excluding hydrogens is 305 g/mol. The van der Waals surface area contributed by atoms with Crippen molar-refractivity contribution >= 4 is 17.2 Å². The van der Waals surface area contributed by atoms with Crippen LogP contribution in [0.5, 0.6) is 0 Å². The van der Waals surface area contributed by atoms with Crippen molar-refractivity contribution in [2.45, 2.75) is 57.4 Å². The molecule has 0 radical (unpaired) electrons. The number of aromatic nitrogens is 2. The average Bonchev–Trinajstić information content (AvgIpc) is 3.42. The highest BCUT2D eigenvalue weighted by molar-refractivity contribution is 6.23. The fraction of sp³-hybridized carbons (Fsp3) is 0.611. The Balaban J connectivity index is 1.80. The molecule has 5 nitrogen and oxygen atoms in total. The summed E-state index contributed by atoms with van der Waals surface area (Å²) in [5.41, 5.74) is 7.43. The molecule has 2 fully saturated rings. The molecule has 1 aromatic rings. The fourth-order valence-corrected chi connectivity index (χ4v) is 3.28. The summed E-state index contributed by atoms with van der Waals surface area (Å²) in [7, 11) is 1.72. The van der Waals surface area contributed by atoms with Crippen molar-refractivity contribution in [1.29, 1.82) is 0 Å². The van der Waals surface area contributed by atoms with Crippen molar-refractivity contribution in [1.82, 2.24) is 9.97 Å². The molecule has 0 amide bonds. The summed E-state index contributed by atoms with van der Waals surface area (Å²) in [5.74, 6) is 0.653. The zero-order valence-electron chi connectivity index (χ0n) is 14.3. The molecule has 0 unspecified atom stereocenters. The summed E-state index contributed by atoms with van der Waals surface area (Å²) in [6, 6.07) is 0.369. The molecule has 3 rings (SSSR count). The van der Waals surface area contributed by atoms with Crippen molar-refractivity contribution < 1.29 is 4.39 Å². The summed E-state index contributed by atoms with van der Waals surface area (Å²) >= 11 is 0. The summed E-state index contributed by atoms with van der Waals surface area (Å²) in [6.07, 6.45) is 11.8. The maximum atomic E-state index is 14.3. The smallest absolute Gasteiger partial charge is 0.223 e. The van der Waals surface area contributed by atoms with E-state index in [1.54, 1.807) is 7.05 Å². The third-order valence-electron chi connectivity index (χ3n) is 4.86. The fourth-order valence-electron chi connectivity index (χ4n) is 3.28. The number of nitrogens with two attached hydrogens (primary N) is 1. The summed E-state index contributed by atoms with van der Waals surface area (Å²) in [6.45, 7) is 0. The second kappa shape index (κ2) is 7.73. The Morgan fingerprint density at radius 3 is 2.71 bits per heavy atom. The quantitative estimate of drug-likeness (QED) is 0.782. The van der Waals surface area contributed by atoms with Gasteiger partial charge in [0.05, 0.1) is 6.20 Å². The van der Waals surface area contributed by atoms with E-state index in [0.717, 1.165) is 25.0 Å². The maximum Gasteiger partial charge on any atom is 0.223 e. The van der Waals surface area contributed by atoms with Gasteiger partial charge in [0.25, 0.3) is 0 Å². The molecule has 0 aliphatic heterocycles. The highest BCUT2D eigenvalue weighted by Crippen LogP contribution is 2.35. The Hall–Kier alpha value is -1.98. The molecule has 6 heteroatoms. The Kier molecular flexibility index (Phi) is 5.43. The van der Waals surface area contributed by atoms with Crippen molar-refractivity contribution in [2.75, 3.05) is 12.4 Å². The van der Waals surface area contributed by atoms with E-state index in [1.165, 1.54) is 44.5 Å². The summed E-state index contributed by atoms with van der Waals surface area (Å²) in [5, 5.41) is 3.34. The van der Waals surface area contributed by atoms with E-state index in [9.17, 15) is 4.39 Å². The summed E-state index contributed by atoms with van der Waals surface area (Å²) < 4.78 is 14.3. The largest absolute Gasteiger partial charge is 0.404 e. The molecule has 0 saturated heterocycles. The zero-order chi connectivity index (χ0) is 16.9. The minimum atomic E-state index is -0.460. The van der Waals surface area contributed by atoms with Crippen LogP contribution < -0.4 is 11.1 Å². The first-order chi connectivity index (χ1) is 11.7. The van der Waals surface area contributed by atoms with Crippen LogP contribution in [-0.4, -0.2) is 28.8 Å². The van der Waals surface area contributed by atoms with Gasteiger partial charge in [0, 0.05) is 30.6 Å². The van der Waals surface area contributed by atoms with Crippen LogP contribution in [0.25, 0.3) is 5.57 Å². The molecule has 24 heavy (non-hydrogen) atoms. The zero-order valence-corrected chi connectivity index (χ0v) is 14.3. The molecule has 0 aromatic carbocycles. The molecule has 130 valence electrons. The second-order valence-corrected chi connectivity index (χ2v) is 6.77. The van der Waals surface area contributed by atoms with Gasteiger partial charge < -0.3 is 11.1 Å². The van der Waals surface area contributed by atoms with E-state index in [2.05, 4.69) is 20.3 Å². The number of halogens is 1. The van der Waals surface area contributed by atoms with Gasteiger partial charge in [-0.3, -0.25) is 4.99 Å². The number of nitrogens with one attached hydrogen (secondary N) is 1. The number of nitrogens with zero attached hydrogens (tertiary/aromatic N) is 3. The predicted molar refractivity (Wildman–Crippen MR) is 95.4 cm³/mol. The van der Waals surface area contributed by atoms with Gasteiger partial charge in [0.1, 0.15) is 5.69 Å². The minimum absolute atomic E-state index is 0.243. The Morgan fingerprint density at radius 2 is 2.08 bits per heavy atom. The Labute approximate surface area is 142 Å². The topological polar surface area (TPSA) is 76.2 Å². The third kappa shape index (κ3) is 4.10. The monoisotopic (exact) mass is 331 g/mol. The van der Waals surface area contributed by atoms with Crippen LogP contribution in [0.15, 0.2) is 17.4 Å². The van der Waals surface area contributed by atoms with Crippen LogP contribution in [0.4, 0.5) is 10.3 Å².